The van der Waals surface area contributed by atoms with E-state index in [0.29, 0.717) is 12.0 Å². The molecule has 1 aliphatic rings. The van der Waals surface area contributed by atoms with Gasteiger partial charge in [-0.1, -0.05) is 13.0 Å². The number of hydrogen-bond acceptors (Lipinski definition) is 5. The van der Waals surface area contributed by atoms with Gasteiger partial charge in [-0.15, -0.1) is 0 Å². The highest BCUT2D eigenvalue weighted by Crippen LogP contribution is 2.12. The molecule has 94 valence electrons. The summed E-state index contributed by atoms with van der Waals surface area (Å²) in [5, 5.41) is 3.42. The average Bonchev–Trinajstić information content (AvgIpc) is 2.37. The van der Waals surface area contributed by atoms with Gasteiger partial charge in [0, 0.05) is 13.1 Å². The van der Waals surface area contributed by atoms with E-state index in [-0.39, 0.29) is 0 Å². The maximum Gasteiger partial charge on any atom is 0.129 e. The quantitative estimate of drug-likeness (QED) is 0.821. The second-order valence-corrected chi connectivity index (χ2v) is 4.16. The molecule has 5 heteroatoms. The zero-order valence-corrected chi connectivity index (χ0v) is 10.2. The minimum atomic E-state index is 0.299. The molecule has 1 saturated heterocycles. The Labute approximate surface area is 102 Å². The van der Waals surface area contributed by atoms with E-state index in [2.05, 4.69) is 22.1 Å². The van der Waals surface area contributed by atoms with Gasteiger partial charge in [0.25, 0.3) is 0 Å². The molecule has 0 spiro atoms. The molecule has 0 aliphatic carbocycles. The smallest absolute Gasteiger partial charge is 0.129 e. The van der Waals surface area contributed by atoms with Crippen LogP contribution in [0.25, 0.3) is 0 Å². The summed E-state index contributed by atoms with van der Waals surface area (Å²) in [7, 11) is 0. The average molecular weight is 236 g/mol. The number of nitrogens with zero attached hydrogens (tertiary/aromatic N) is 2. The van der Waals surface area contributed by atoms with Crippen LogP contribution in [0.1, 0.15) is 13.3 Å². The van der Waals surface area contributed by atoms with Crippen LogP contribution in [0.2, 0.25) is 0 Å². The molecule has 0 saturated carbocycles. The first-order valence-corrected chi connectivity index (χ1v) is 6.10. The number of hydrogen-bond donors (Lipinski definition) is 2. The van der Waals surface area contributed by atoms with Crippen molar-refractivity contribution in [3.8, 4) is 0 Å². The lowest BCUT2D eigenvalue weighted by atomic mass is 10.3. The zero-order chi connectivity index (χ0) is 12.1. The van der Waals surface area contributed by atoms with Gasteiger partial charge < -0.3 is 15.8 Å². The molecule has 2 rings (SSSR count). The molecule has 0 radical (unpaired) electrons. The molecule has 1 fully saturated rings. The van der Waals surface area contributed by atoms with Crippen molar-refractivity contribution in [3.63, 3.8) is 0 Å². The molecule has 1 aliphatic heterocycles. The third-order valence-corrected chi connectivity index (χ3v) is 2.96. The van der Waals surface area contributed by atoms with Crippen LogP contribution in [-0.2, 0) is 4.74 Å². The Morgan fingerprint density at radius 3 is 2.88 bits per heavy atom. The van der Waals surface area contributed by atoms with Gasteiger partial charge in [0.05, 0.1) is 19.4 Å². The summed E-state index contributed by atoms with van der Waals surface area (Å²) in [6, 6.07) is 5.65. The Balaban J connectivity index is 1.98. The summed E-state index contributed by atoms with van der Waals surface area (Å²) in [6.07, 6.45) is 1.32. The highest BCUT2D eigenvalue weighted by molar-refractivity contribution is 5.42. The van der Waals surface area contributed by atoms with Crippen molar-refractivity contribution in [1.29, 1.82) is 0 Å². The number of nitrogen functional groups attached to an aromatic ring is 1. The molecule has 5 nitrogen and oxygen atoms in total. The van der Waals surface area contributed by atoms with Crippen LogP contribution >= 0.6 is 0 Å². The second-order valence-electron chi connectivity index (χ2n) is 4.16. The van der Waals surface area contributed by atoms with Crippen LogP contribution in [0.3, 0.4) is 0 Å². The number of rotatable bonds is 4. The van der Waals surface area contributed by atoms with Gasteiger partial charge in [0.1, 0.15) is 11.6 Å². The highest BCUT2D eigenvalue weighted by atomic mass is 16.5. The van der Waals surface area contributed by atoms with Crippen molar-refractivity contribution >= 4 is 11.6 Å². The minimum absolute atomic E-state index is 0.299. The first kappa shape index (κ1) is 12.1. The molecule has 1 aromatic heterocycles. The van der Waals surface area contributed by atoms with E-state index in [4.69, 9.17) is 10.5 Å². The first-order chi connectivity index (χ1) is 8.29. The molecule has 1 atom stereocenters. The van der Waals surface area contributed by atoms with Gasteiger partial charge in [0.15, 0.2) is 0 Å². The van der Waals surface area contributed by atoms with Crippen molar-refractivity contribution in [2.75, 3.05) is 37.4 Å². The number of morpholine rings is 1. The Kier molecular flexibility index (Phi) is 4.17. The third-order valence-electron chi connectivity index (χ3n) is 2.96. The predicted molar refractivity (Wildman–Crippen MR) is 68.7 cm³/mol. The Bertz CT molecular complexity index is 352. The maximum absolute atomic E-state index is 5.67. The molecule has 0 bridgehead atoms. The SMILES string of the molecule is CCC(Nc1cccc(N)n1)N1CCOCC1. The monoisotopic (exact) mass is 236 g/mol. The number of ether oxygens (including phenoxy) is 1. The standard InChI is InChI=1S/C12H20N4O/c1-2-12(16-6-8-17-9-7-16)15-11-5-3-4-10(13)14-11/h3-5,12H,2,6-9H2,1H3,(H3,13,14,15). The summed E-state index contributed by atoms with van der Waals surface area (Å²) in [4.78, 5) is 6.65. The summed E-state index contributed by atoms with van der Waals surface area (Å²) in [5.74, 6) is 1.38. The van der Waals surface area contributed by atoms with E-state index < -0.39 is 0 Å². The minimum Gasteiger partial charge on any atom is -0.384 e. The Hall–Kier alpha value is -1.33. The molecule has 1 aromatic rings. The number of nitrogens with two attached hydrogens (primary N) is 1. The van der Waals surface area contributed by atoms with E-state index in [0.717, 1.165) is 38.5 Å². The van der Waals surface area contributed by atoms with Crippen LogP contribution in [0.4, 0.5) is 11.6 Å². The Morgan fingerprint density at radius 1 is 1.47 bits per heavy atom. The molecule has 0 aromatic carbocycles. The summed E-state index contributed by atoms with van der Waals surface area (Å²) in [6.45, 7) is 5.71. The molecule has 3 N–H and O–H groups in total. The van der Waals surface area contributed by atoms with Crippen molar-refractivity contribution in [1.82, 2.24) is 9.88 Å². The lowest BCUT2D eigenvalue weighted by molar-refractivity contribution is 0.0213. The zero-order valence-electron chi connectivity index (χ0n) is 10.2. The molecular formula is C12H20N4O. The van der Waals surface area contributed by atoms with Gasteiger partial charge in [-0.25, -0.2) is 4.98 Å². The largest absolute Gasteiger partial charge is 0.384 e. The summed E-state index contributed by atoms with van der Waals surface area (Å²) < 4.78 is 5.36. The fourth-order valence-electron chi connectivity index (χ4n) is 2.04. The van der Waals surface area contributed by atoms with Gasteiger partial charge in [-0.05, 0) is 18.6 Å². The molecular weight excluding hydrogens is 216 g/mol. The van der Waals surface area contributed by atoms with Crippen LogP contribution in [0.15, 0.2) is 18.2 Å². The lowest BCUT2D eigenvalue weighted by Gasteiger charge is -2.34. The van der Waals surface area contributed by atoms with Gasteiger partial charge in [-0.2, -0.15) is 0 Å². The van der Waals surface area contributed by atoms with Crippen LogP contribution < -0.4 is 11.1 Å². The van der Waals surface area contributed by atoms with Crippen molar-refractivity contribution in [2.45, 2.75) is 19.5 Å². The molecule has 0 amide bonds. The summed E-state index contributed by atoms with van der Waals surface area (Å²) in [5.41, 5.74) is 5.67. The van der Waals surface area contributed by atoms with E-state index in [1.54, 1.807) is 6.07 Å². The van der Waals surface area contributed by atoms with Crippen LogP contribution in [0.5, 0.6) is 0 Å². The van der Waals surface area contributed by atoms with Crippen molar-refractivity contribution < 1.29 is 4.74 Å². The van der Waals surface area contributed by atoms with Gasteiger partial charge >= 0.3 is 0 Å². The fraction of sp³-hybridized carbons (Fsp3) is 0.583. The van der Waals surface area contributed by atoms with Crippen molar-refractivity contribution in [3.05, 3.63) is 18.2 Å². The second kappa shape index (κ2) is 5.84. The van der Waals surface area contributed by atoms with Crippen LogP contribution in [-0.4, -0.2) is 42.4 Å². The predicted octanol–water partition coefficient (Wildman–Crippen LogP) is 1.14. The van der Waals surface area contributed by atoms with Gasteiger partial charge in [-0.3, -0.25) is 4.90 Å². The highest BCUT2D eigenvalue weighted by Gasteiger charge is 2.19. The van der Waals surface area contributed by atoms with E-state index in [9.17, 15) is 0 Å². The molecule has 17 heavy (non-hydrogen) atoms. The van der Waals surface area contributed by atoms with Crippen LogP contribution in [0, 0.1) is 0 Å². The maximum atomic E-state index is 5.67. The van der Waals surface area contributed by atoms with Gasteiger partial charge in [0.2, 0.25) is 0 Å². The number of anilines is 2. The number of nitrogens with one attached hydrogen (secondary N) is 1. The molecule has 1 unspecified atom stereocenters. The van der Waals surface area contributed by atoms with E-state index in [1.165, 1.54) is 0 Å². The van der Waals surface area contributed by atoms with E-state index >= 15 is 0 Å². The number of pyridine rings is 1. The van der Waals surface area contributed by atoms with E-state index in [1.807, 2.05) is 12.1 Å². The number of aromatic nitrogens is 1. The first-order valence-electron chi connectivity index (χ1n) is 6.10. The van der Waals surface area contributed by atoms with Crippen molar-refractivity contribution in [2.24, 2.45) is 0 Å². The third kappa shape index (κ3) is 3.31. The Morgan fingerprint density at radius 2 is 2.24 bits per heavy atom. The fourth-order valence-corrected chi connectivity index (χ4v) is 2.04. The lowest BCUT2D eigenvalue weighted by Crippen LogP contribution is -2.47. The molecule has 2 heterocycles. The summed E-state index contributed by atoms with van der Waals surface area (Å²) >= 11 is 0. The normalized spacial score (nSPS) is 18.9. The topological polar surface area (TPSA) is 63.4 Å².